The number of imidazole rings is 1. The number of nitrogens with zero attached hydrogens (tertiary/aromatic N) is 4. The number of aryl methyl sites for hydroxylation is 1. The van der Waals surface area contributed by atoms with Crippen molar-refractivity contribution < 1.29 is 9.53 Å². The van der Waals surface area contributed by atoms with Gasteiger partial charge in [-0.1, -0.05) is 54.9 Å². The smallest absolute Gasteiger partial charge is 0.150 e. The summed E-state index contributed by atoms with van der Waals surface area (Å²) in [6, 6.07) is 6.44. The molecule has 0 amide bonds. The van der Waals surface area contributed by atoms with Gasteiger partial charge in [0.25, 0.3) is 0 Å². The number of nitrogens with one attached hydrogen (secondary N) is 1. The standard InChI is InChI=1S/C31H48N6O2/c1-8-9-10-25-34-26-23-17-22(11-12-24(23)33-29(32)27(26)35-25)37-15-13-36(14-16-37)18-30(4,5)19-39-20-31(6,7)28(38)21(2)3/h11-12,17,21H,8-10,13-16,18-20H2,1-7H3,(H2,32,33)(H,34,35). The topological polar surface area (TPSA) is 100 Å². The second-order valence-corrected chi connectivity index (χ2v) is 13.0. The van der Waals surface area contributed by atoms with Crippen LogP contribution in [0.1, 0.15) is 67.1 Å². The lowest BCUT2D eigenvalue weighted by Crippen LogP contribution is -2.50. The lowest BCUT2D eigenvalue weighted by Gasteiger charge is -2.40. The molecule has 1 aliphatic rings. The number of rotatable bonds is 12. The van der Waals surface area contributed by atoms with Gasteiger partial charge in [-0.05, 0) is 24.6 Å². The van der Waals surface area contributed by atoms with Crippen molar-refractivity contribution in [3.63, 3.8) is 0 Å². The number of nitrogen functional groups attached to an aromatic ring is 1. The van der Waals surface area contributed by atoms with Crippen LogP contribution in [0, 0.1) is 16.7 Å². The van der Waals surface area contributed by atoms with Crippen molar-refractivity contribution in [1.29, 1.82) is 0 Å². The quantitative estimate of drug-likeness (QED) is 0.317. The average Bonchev–Trinajstić information content (AvgIpc) is 3.32. The number of carbonyl (C=O) groups excluding carboxylic acids is 1. The molecule has 0 atom stereocenters. The number of pyridine rings is 1. The second kappa shape index (κ2) is 11.8. The third-order valence-corrected chi connectivity index (χ3v) is 7.79. The number of nitrogens with two attached hydrogens (primary N) is 1. The van der Waals surface area contributed by atoms with Crippen molar-refractivity contribution in [1.82, 2.24) is 19.9 Å². The van der Waals surface area contributed by atoms with Crippen LogP contribution in [0.4, 0.5) is 11.5 Å². The number of fused-ring (bicyclic) bond motifs is 3. The second-order valence-electron chi connectivity index (χ2n) is 13.0. The number of benzene rings is 1. The van der Waals surface area contributed by atoms with Crippen molar-refractivity contribution in [2.75, 3.05) is 56.6 Å². The zero-order valence-electron chi connectivity index (χ0n) is 25.1. The van der Waals surface area contributed by atoms with Crippen LogP contribution in [0.15, 0.2) is 18.2 Å². The summed E-state index contributed by atoms with van der Waals surface area (Å²) in [4.78, 5) is 30.4. The minimum Gasteiger partial charge on any atom is -0.382 e. The molecule has 2 aromatic heterocycles. The summed E-state index contributed by atoms with van der Waals surface area (Å²) in [6.45, 7) is 20.6. The molecular weight excluding hydrogens is 488 g/mol. The fraction of sp³-hybridized carbons (Fsp3) is 0.645. The number of H-pyrrole nitrogens is 1. The zero-order valence-corrected chi connectivity index (χ0v) is 25.1. The minimum atomic E-state index is -0.449. The Hall–Kier alpha value is -2.71. The molecule has 0 aliphatic carbocycles. The number of ether oxygens (including phenoxy) is 1. The Morgan fingerprint density at radius 2 is 1.82 bits per heavy atom. The molecule has 0 radical (unpaired) electrons. The predicted octanol–water partition coefficient (Wildman–Crippen LogP) is 5.45. The van der Waals surface area contributed by atoms with E-state index in [1.165, 1.54) is 5.69 Å². The highest BCUT2D eigenvalue weighted by molar-refractivity contribution is 6.07. The van der Waals surface area contributed by atoms with Crippen molar-refractivity contribution >= 4 is 39.2 Å². The maximum atomic E-state index is 12.5. The molecule has 4 rings (SSSR count). The monoisotopic (exact) mass is 536 g/mol. The summed E-state index contributed by atoms with van der Waals surface area (Å²) in [5.41, 5.74) is 9.68. The van der Waals surface area contributed by atoms with Gasteiger partial charge in [-0.15, -0.1) is 0 Å². The van der Waals surface area contributed by atoms with Gasteiger partial charge in [-0.25, -0.2) is 9.97 Å². The van der Waals surface area contributed by atoms with Crippen LogP contribution < -0.4 is 10.6 Å². The SMILES string of the molecule is CCCCc1nc2c([nH]1)c(N)nc1ccc(N3CCN(CC(C)(C)COCC(C)(C)C(=O)C(C)C)CC3)cc12. The van der Waals surface area contributed by atoms with E-state index >= 15 is 0 Å². The fourth-order valence-electron chi connectivity index (χ4n) is 5.71. The largest absolute Gasteiger partial charge is 0.382 e. The Morgan fingerprint density at radius 1 is 1.10 bits per heavy atom. The molecular formula is C31H48N6O2. The Balaban J connectivity index is 1.37. The summed E-state index contributed by atoms with van der Waals surface area (Å²) < 4.78 is 6.09. The Bertz CT molecular complexity index is 1290. The van der Waals surface area contributed by atoms with E-state index < -0.39 is 5.41 Å². The lowest BCUT2D eigenvalue weighted by atomic mass is 9.83. The number of hydrogen-bond donors (Lipinski definition) is 2. The van der Waals surface area contributed by atoms with Crippen LogP contribution in [0.5, 0.6) is 0 Å². The predicted molar refractivity (Wildman–Crippen MR) is 161 cm³/mol. The molecule has 0 saturated carbocycles. The summed E-state index contributed by atoms with van der Waals surface area (Å²) >= 11 is 0. The van der Waals surface area contributed by atoms with Gasteiger partial charge >= 0.3 is 0 Å². The van der Waals surface area contributed by atoms with Gasteiger partial charge in [0, 0.05) is 67.0 Å². The van der Waals surface area contributed by atoms with Crippen LogP contribution >= 0.6 is 0 Å². The van der Waals surface area contributed by atoms with Gasteiger partial charge in [0.05, 0.1) is 18.7 Å². The van der Waals surface area contributed by atoms with E-state index in [4.69, 9.17) is 15.5 Å². The molecule has 1 aliphatic heterocycles. The van der Waals surface area contributed by atoms with E-state index in [1.807, 2.05) is 27.7 Å². The van der Waals surface area contributed by atoms with Gasteiger partial charge < -0.3 is 20.4 Å². The summed E-state index contributed by atoms with van der Waals surface area (Å²) in [5.74, 6) is 1.78. The molecule has 0 unspecified atom stereocenters. The molecule has 0 spiro atoms. The number of hydrogen-bond acceptors (Lipinski definition) is 7. The van der Waals surface area contributed by atoms with E-state index in [0.717, 1.165) is 79.7 Å². The number of carbonyl (C=O) groups is 1. The van der Waals surface area contributed by atoms with Crippen molar-refractivity contribution in [3.05, 3.63) is 24.0 Å². The number of unbranched alkanes of at least 4 members (excludes halogenated alkanes) is 1. The highest BCUT2D eigenvalue weighted by atomic mass is 16.5. The van der Waals surface area contributed by atoms with Crippen LogP contribution in [0.3, 0.4) is 0 Å². The molecule has 39 heavy (non-hydrogen) atoms. The zero-order chi connectivity index (χ0) is 28.4. The van der Waals surface area contributed by atoms with Gasteiger partial charge in [0.15, 0.2) is 0 Å². The van der Waals surface area contributed by atoms with Crippen molar-refractivity contribution in [2.24, 2.45) is 16.7 Å². The Labute approximate surface area is 233 Å². The summed E-state index contributed by atoms with van der Waals surface area (Å²) in [6.07, 6.45) is 3.14. The van der Waals surface area contributed by atoms with E-state index in [9.17, 15) is 4.79 Å². The molecule has 0 bridgehead atoms. The van der Waals surface area contributed by atoms with Gasteiger partial charge in [-0.3, -0.25) is 9.69 Å². The molecule has 3 N–H and O–H groups in total. The number of piperazine rings is 1. The van der Waals surface area contributed by atoms with Gasteiger partial charge in [0.2, 0.25) is 0 Å². The first kappa shape index (κ1) is 29.3. The van der Waals surface area contributed by atoms with Crippen LogP contribution in [0.25, 0.3) is 21.9 Å². The molecule has 8 heteroatoms. The Kier molecular flexibility index (Phi) is 8.86. The lowest BCUT2D eigenvalue weighted by molar-refractivity contribution is -0.134. The highest BCUT2D eigenvalue weighted by Gasteiger charge is 2.31. The molecule has 1 fully saturated rings. The first-order chi connectivity index (χ1) is 18.4. The van der Waals surface area contributed by atoms with Crippen LogP contribution in [-0.2, 0) is 16.0 Å². The van der Waals surface area contributed by atoms with E-state index in [0.29, 0.717) is 19.0 Å². The molecule has 214 valence electrons. The van der Waals surface area contributed by atoms with Crippen molar-refractivity contribution in [3.8, 4) is 0 Å². The Morgan fingerprint density at radius 3 is 2.49 bits per heavy atom. The first-order valence-electron chi connectivity index (χ1n) is 14.6. The molecule has 3 aromatic rings. The summed E-state index contributed by atoms with van der Waals surface area (Å²) in [7, 11) is 0. The first-order valence-corrected chi connectivity index (χ1v) is 14.6. The average molecular weight is 537 g/mol. The number of aromatic nitrogens is 3. The van der Waals surface area contributed by atoms with E-state index in [1.54, 1.807) is 0 Å². The number of Topliss-reactive ketones (excluding diaryl/α,β-unsaturated/α-hetero) is 1. The molecule has 3 heterocycles. The van der Waals surface area contributed by atoms with Gasteiger partial charge in [0.1, 0.15) is 28.5 Å². The maximum absolute atomic E-state index is 12.5. The molecule has 1 aromatic carbocycles. The number of anilines is 2. The highest BCUT2D eigenvalue weighted by Crippen LogP contribution is 2.31. The third-order valence-electron chi connectivity index (χ3n) is 7.79. The van der Waals surface area contributed by atoms with Gasteiger partial charge in [-0.2, -0.15) is 0 Å². The maximum Gasteiger partial charge on any atom is 0.150 e. The number of ketones is 1. The van der Waals surface area contributed by atoms with E-state index in [-0.39, 0.29) is 17.1 Å². The molecule has 8 nitrogen and oxygen atoms in total. The normalized spacial score (nSPS) is 15.6. The van der Waals surface area contributed by atoms with E-state index in [2.05, 4.69) is 58.7 Å². The third kappa shape index (κ3) is 6.90. The van der Waals surface area contributed by atoms with Crippen LogP contribution in [0.2, 0.25) is 0 Å². The molecule has 1 saturated heterocycles. The number of aromatic amines is 1. The minimum absolute atomic E-state index is 0.00865. The van der Waals surface area contributed by atoms with Crippen molar-refractivity contribution in [2.45, 2.75) is 67.7 Å². The fourth-order valence-corrected chi connectivity index (χ4v) is 5.71. The van der Waals surface area contributed by atoms with Crippen LogP contribution in [-0.4, -0.2) is 71.6 Å². The summed E-state index contributed by atoms with van der Waals surface area (Å²) in [5, 5.41) is 1.05.